The summed E-state index contributed by atoms with van der Waals surface area (Å²) in [6.07, 6.45) is 8.99. The molecule has 1 aliphatic carbocycles. The van der Waals surface area contributed by atoms with Gasteiger partial charge in [0.15, 0.2) is 0 Å². The monoisotopic (exact) mass is 298 g/mol. The van der Waals surface area contributed by atoms with Gasteiger partial charge in [0.1, 0.15) is 0 Å². The molecule has 3 aromatic carbocycles. The van der Waals surface area contributed by atoms with Crippen LogP contribution in [-0.2, 0) is 0 Å². The Morgan fingerprint density at radius 1 is 0.696 bits per heavy atom. The zero-order valence-corrected chi connectivity index (χ0v) is 13.7. The van der Waals surface area contributed by atoms with E-state index < -0.39 is 0 Å². The zero-order chi connectivity index (χ0) is 16.1. The van der Waals surface area contributed by atoms with Crippen LogP contribution in [0.5, 0.6) is 0 Å². The molecule has 0 nitrogen and oxygen atoms in total. The average molecular weight is 298 g/mol. The van der Waals surface area contributed by atoms with Gasteiger partial charge in [0.2, 0.25) is 0 Å². The first-order valence-corrected chi connectivity index (χ1v) is 8.14. The Bertz CT molecular complexity index is 838. The van der Waals surface area contributed by atoms with Crippen molar-refractivity contribution in [3.05, 3.63) is 95.6 Å². The van der Waals surface area contributed by atoms with Crippen molar-refractivity contribution in [3.8, 4) is 0 Å². The molecule has 0 spiro atoms. The van der Waals surface area contributed by atoms with E-state index in [0.717, 1.165) is 0 Å². The highest BCUT2D eigenvalue weighted by atomic mass is 14.1. The van der Waals surface area contributed by atoms with Crippen molar-refractivity contribution in [3.63, 3.8) is 0 Å². The molecule has 0 aromatic heterocycles. The van der Waals surface area contributed by atoms with Gasteiger partial charge in [0.05, 0.1) is 0 Å². The minimum atomic E-state index is 0.520. The molecule has 1 atom stereocenters. The Morgan fingerprint density at radius 2 is 1.39 bits per heavy atom. The summed E-state index contributed by atoms with van der Waals surface area (Å²) in [5.41, 5.74) is 3.99. The maximum atomic E-state index is 2.26. The Morgan fingerprint density at radius 3 is 2.13 bits per heavy atom. The molecule has 3 aromatic rings. The van der Waals surface area contributed by atoms with Gasteiger partial charge in [-0.25, -0.2) is 0 Å². The van der Waals surface area contributed by atoms with E-state index in [1.54, 1.807) is 0 Å². The van der Waals surface area contributed by atoms with Crippen molar-refractivity contribution in [1.29, 1.82) is 0 Å². The maximum absolute atomic E-state index is 2.26. The predicted molar refractivity (Wildman–Crippen MR) is 102 cm³/mol. The molecule has 0 radical (unpaired) electrons. The molecule has 0 saturated heterocycles. The predicted octanol–water partition coefficient (Wildman–Crippen LogP) is 6.51. The van der Waals surface area contributed by atoms with Crippen LogP contribution in [0.2, 0.25) is 0 Å². The largest absolute Gasteiger partial charge is 0.0773 e. The third-order valence-electron chi connectivity index (χ3n) is 4.09. The van der Waals surface area contributed by atoms with Crippen LogP contribution in [0.25, 0.3) is 22.9 Å². The lowest BCUT2D eigenvalue weighted by atomic mass is 9.99. The fourth-order valence-electron chi connectivity index (χ4n) is 2.75. The van der Waals surface area contributed by atoms with Crippen molar-refractivity contribution >= 4 is 22.9 Å². The van der Waals surface area contributed by atoms with Crippen LogP contribution < -0.4 is 0 Å². The first-order valence-electron chi connectivity index (χ1n) is 8.14. The van der Waals surface area contributed by atoms with E-state index >= 15 is 0 Å². The summed E-state index contributed by atoms with van der Waals surface area (Å²) < 4.78 is 0. The van der Waals surface area contributed by atoms with Gasteiger partial charge >= 0.3 is 0 Å². The average Bonchev–Trinajstić information content (AvgIpc) is 2.78. The van der Waals surface area contributed by atoms with Crippen molar-refractivity contribution in [2.45, 2.75) is 13.8 Å². The maximum Gasteiger partial charge on any atom is -0.00752 e. The van der Waals surface area contributed by atoms with Gasteiger partial charge in [-0.3, -0.25) is 0 Å². The van der Waals surface area contributed by atoms with E-state index in [-0.39, 0.29) is 0 Å². The first-order chi connectivity index (χ1) is 11.2. The third kappa shape index (κ3) is 3.78. The first kappa shape index (κ1) is 15.3. The summed E-state index contributed by atoms with van der Waals surface area (Å²) >= 11 is 0. The van der Waals surface area contributed by atoms with Crippen LogP contribution in [0.15, 0.2) is 78.9 Å². The standard InChI is InChI=1S/C16H14.C7H8/c1-12-6-8-14-10-9-13-4-2-3-5-15(13)16(14)11-7-12;1-7-5-3-2-4-6-7/h2-12H,1H3;2-6H,1H3. The highest BCUT2D eigenvalue weighted by Gasteiger charge is 2.05. The molecule has 1 unspecified atom stereocenters. The van der Waals surface area contributed by atoms with Crippen LogP contribution in [0.1, 0.15) is 23.6 Å². The Hall–Kier alpha value is -2.60. The van der Waals surface area contributed by atoms with Crippen LogP contribution in [0.4, 0.5) is 0 Å². The van der Waals surface area contributed by atoms with Crippen LogP contribution in [0.3, 0.4) is 0 Å². The van der Waals surface area contributed by atoms with E-state index in [4.69, 9.17) is 0 Å². The van der Waals surface area contributed by atoms with Gasteiger partial charge in [-0.2, -0.15) is 0 Å². The molecule has 0 fully saturated rings. The molecule has 0 heterocycles. The number of hydrogen-bond donors (Lipinski definition) is 0. The highest BCUT2D eigenvalue weighted by molar-refractivity contribution is 5.94. The molecule has 0 aliphatic heterocycles. The second-order valence-electron chi connectivity index (χ2n) is 6.02. The molecular formula is C23H22. The SMILES string of the molecule is CC1C=Cc2ccc3ccccc3c2C=C1.Cc1ccccc1. The van der Waals surface area contributed by atoms with Crippen LogP contribution in [0, 0.1) is 12.8 Å². The lowest BCUT2D eigenvalue weighted by Gasteiger charge is -2.05. The fraction of sp³-hybridized carbons (Fsp3) is 0.130. The van der Waals surface area contributed by atoms with E-state index in [9.17, 15) is 0 Å². The van der Waals surface area contributed by atoms with Gasteiger partial charge in [0.25, 0.3) is 0 Å². The Balaban J connectivity index is 0.000000188. The Kier molecular flexibility index (Phi) is 4.73. The molecule has 0 bridgehead atoms. The van der Waals surface area contributed by atoms with E-state index in [1.807, 2.05) is 18.2 Å². The summed E-state index contributed by atoms with van der Waals surface area (Å²) in [7, 11) is 0. The minimum Gasteiger partial charge on any atom is -0.0773 e. The van der Waals surface area contributed by atoms with E-state index in [0.29, 0.717) is 5.92 Å². The van der Waals surface area contributed by atoms with Gasteiger partial charge in [-0.15, -0.1) is 0 Å². The summed E-state index contributed by atoms with van der Waals surface area (Å²) in [5, 5.41) is 2.66. The molecule has 0 heteroatoms. The zero-order valence-electron chi connectivity index (χ0n) is 13.7. The Labute approximate surface area is 138 Å². The summed E-state index contributed by atoms with van der Waals surface area (Å²) in [6.45, 7) is 4.29. The minimum absolute atomic E-state index is 0.520. The van der Waals surface area contributed by atoms with Crippen LogP contribution in [-0.4, -0.2) is 0 Å². The topological polar surface area (TPSA) is 0 Å². The number of fused-ring (bicyclic) bond motifs is 3. The number of hydrogen-bond acceptors (Lipinski definition) is 0. The third-order valence-corrected chi connectivity index (χ3v) is 4.09. The summed E-state index contributed by atoms with van der Waals surface area (Å²) in [6, 6.07) is 23.2. The smallest absolute Gasteiger partial charge is 0.00752 e. The lowest BCUT2D eigenvalue weighted by Crippen LogP contribution is -1.82. The molecular weight excluding hydrogens is 276 g/mol. The number of rotatable bonds is 0. The van der Waals surface area contributed by atoms with Crippen molar-refractivity contribution < 1.29 is 0 Å². The van der Waals surface area contributed by atoms with Crippen molar-refractivity contribution in [1.82, 2.24) is 0 Å². The second kappa shape index (κ2) is 7.11. The molecule has 114 valence electrons. The number of allylic oxidation sites excluding steroid dienone is 2. The molecule has 0 N–H and O–H groups in total. The van der Waals surface area contributed by atoms with E-state index in [2.05, 4.69) is 86.7 Å². The molecule has 23 heavy (non-hydrogen) atoms. The number of benzene rings is 3. The van der Waals surface area contributed by atoms with Gasteiger partial charge in [-0.1, -0.05) is 104 Å². The molecule has 4 rings (SSSR count). The number of aryl methyl sites for hydroxylation is 1. The fourth-order valence-corrected chi connectivity index (χ4v) is 2.75. The second-order valence-corrected chi connectivity index (χ2v) is 6.02. The van der Waals surface area contributed by atoms with Gasteiger partial charge in [0, 0.05) is 0 Å². The lowest BCUT2D eigenvalue weighted by molar-refractivity contribution is 0.954. The molecule has 0 amide bonds. The highest BCUT2D eigenvalue weighted by Crippen LogP contribution is 2.27. The summed E-state index contributed by atoms with van der Waals surface area (Å²) in [5.74, 6) is 0.520. The van der Waals surface area contributed by atoms with Gasteiger partial charge < -0.3 is 0 Å². The van der Waals surface area contributed by atoms with E-state index in [1.165, 1.54) is 27.5 Å². The molecule has 0 saturated carbocycles. The normalized spacial score (nSPS) is 15.5. The summed E-state index contributed by atoms with van der Waals surface area (Å²) in [4.78, 5) is 0. The van der Waals surface area contributed by atoms with Crippen molar-refractivity contribution in [2.75, 3.05) is 0 Å². The van der Waals surface area contributed by atoms with Gasteiger partial charge in [-0.05, 0) is 34.7 Å². The van der Waals surface area contributed by atoms with Crippen LogP contribution >= 0.6 is 0 Å². The molecule has 1 aliphatic rings. The van der Waals surface area contributed by atoms with Crippen molar-refractivity contribution in [2.24, 2.45) is 5.92 Å². The quantitative estimate of drug-likeness (QED) is 0.443.